The highest BCUT2D eigenvalue weighted by molar-refractivity contribution is 7.99. The van der Waals surface area contributed by atoms with Gasteiger partial charge in [-0.05, 0) is 33.9 Å². The third-order valence-corrected chi connectivity index (χ3v) is 9.20. The molecule has 4 atom stereocenters. The van der Waals surface area contributed by atoms with E-state index in [4.69, 9.17) is 9.47 Å². The number of rotatable bonds is 10. The van der Waals surface area contributed by atoms with E-state index in [1.54, 1.807) is 18.2 Å². The number of aromatic nitrogens is 3. The Kier molecular flexibility index (Phi) is 10.4. The first-order valence-corrected chi connectivity index (χ1v) is 16.1. The number of carbonyl (C=O) groups excluding carboxylic acids is 1. The minimum Gasteiger partial charge on any atom is -0.392 e. The number of H-pyrrole nitrogens is 1. The van der Waals surface area contributed by atoms with Crippen molar-refractivity contribution in [2.45, 2.75) is 43.7 Å². The molecule has 2 heterocycles. The molecule has 0 radical (unpaired) electrons. The summed E-state index contributed by atoms with van der Waals surface area (Å²) in [5.74, 6) is -12.0. The molecule has 3 N–H and O–H groups in total. The molecule has 0 saturated carbocycles. The van der Waals surface area contributed by atoms with Crippen molar-refractivity contribution in [3.8, 4) is 11.1 Å². The smallest absolute Gasteiger partial charge is 0.257 e. The van der Waals surface area contributed by atoms with Gasteiger partial charge >= 0.3 is 0 Å². The Morgan fingerprint density at radius 1 is 0.857 bits per heavy atom. The van der Waals surface area contributed by atoms with Gasteiger partial charge in [-0.2, -0.15) is 5.10 Å². The van der Waals surface area contributed by atoms with Gasteiger partial charge in [0.2, 0.25) is 5.82 Å². The Labute approximate surface area is 281 Å². The van der Waals surface area contributed by atoms with Crippen LogP contribution in [0, 0.1) is 35.0 Å². The number of amides is 1. The minimum atomic E-state index is -2.34. The van der Waals surface area contributed by atoms with E-state index in [0.717, 1.165) is 27.8 Å². The molecule has 0 bridgehead atoms. The molecule has 1 aliphatic rings. The predicted octanol–water partition coefficient (Wildman–Crippen LogP) is 7.17. The molecule has 49 heavy (non-hydrogen) atoms. The zero-order valence-corrected chi connectivity index (χ0v) is 26.6. The lowest BCUT2D eigenvalue weighted by Crippen LogP contribution is -2.38. The SMILES string of the molecule is C[C@H]1[C@@H](CSc2ncn[nH]2)O[C@@H](c2ccc(-c3cccc(CNC(=O)c4c(F)c(F)c(F)c(F)c4F)c3)cc2)O[C@H]1c1ccc(CO)cc1. The maximum atomic E-state index is 14.1. The van der Waals surface area contributed by atoms with E-state index in [1.165, 1.54) is 18.1 Å². The van der Waals surface area contributed by atoms with Gasteiger partial charge in [-0.25, -0.2) is 26.9 Å². The van der Waals surface area contributed by atoms with Gasteiger partial charge < -0.3 is 19.9 Å². The second kappa shape index (κ2) is 14.9. The molecule has 0 spiro atoms. The average molecular weight is 697 g/mol. The first-order chi connectivity index (χ1) is 23.6. The van der Waals surface area contributed by atoms with E-state index >= 15 is 0 Å². The predicted molar refractivity (Wildman–Crippen MR) is 169 cm³/mol. The van der Waals surface area contributed by atoms with Crippen molar-refractivity contribution in [1.82, 2.24) is 20.5 Å². The van der Waals surface area contributed by atoms with Gasteiger partial charge in [0, 0.05) is 23.8 Å². The van der Waals surface area contributed by atoms with E-state index in [1.807, 2.05) is 54.6 Å². The largest absolute Gasteiger partial charge is 0.392 e. The van der Waals surface area contributed by atoms with Crippen molar-refractivity contribution in [2.75, 3.05) is 5.75 Å². The zero-order chi connectivity index (χ0) is 34.7. The topological polar surface area (TPSA) is 109 Å². The lowest BCUT2D eigenvalue weighted by atomic mass is 9.91. The summed E-state index contributed by atoms with van der Waals surface area (Å²) in [7, 11) is 0. The summed E-state index contributed by atoms with van der Waals surface area (Å²) in [4.78, 5) is 16.6. The van der Waals surface area contributed by atoms with Crippen LogP contribution in [0.1, 0.15) is 51.9 Å². The number of aliphatic hydroxyl groups excluding tert-OH is 1. The lowest BCUT2D eigenvalue weighted by molar-refractivity contribution is -0.268. The zero-order valence-electron chi connectivity index (χ0n) is 25.8. The summed E-state index contributed by atoms with van der Waals surface area (Å²) in [5.41, 5.74) is 3.04. The second-order valence-corrected chi connectivity index (χ2v) is 12.4. The van der Waals surface area contributed by atoms with E-state index in [9.17, 15) is 31.9 Å². The third kappa shape index (κ3) is 7.37. The van der Waals surface area contributed by atoms with Crippen molar-refractivity contribution in [3.63, 3.8) is 0 Å². The highest BCUT2D eigenvalue weighted by atomic mass is 32.2. The van der Waals surface area contributed by atoms with Gasteiger partial charge in [0.1, 0.15) is 11.9 Å². The van der Waals surface area contributed by atoms with E-state index < -0.39 is 46.8 Å². The number of halogens is 5. The highest BCUT2D eigenvalue weighted by Gasteiger charge is 2.38. The maximum absolute atomic E-state index is 14.1. The van der Waals surface area contributed by atoms with Crippen LogP contribution in [0.15, 0.2) is 84.3 Å². The first kappa shape index (κ1) is 34.2. The third-order valence-electron chi connectivity index (χ3n) is 8.23. The van der Waals surface area contributed by atoms with Crippen molar-refractivity contribution in [2.24, 2.45) is 5.92 Å². The summed E-state index contributed by atoms with van der Waals surface area (Å²) < 4.78 is 81.7. The molecule has 0 aliphatic carbocycles. The van der Waals surface area contributed by atoms with Crippen LogP contribution in [-0.4, -0.2) is 38.1 Å². The molecule has 1 aliphatic heterocycles. The quantitative estimate of drug-likeness (QED) is 0.0615. The number of thioether (sulfide) groups is 1. The van der Waals surface area contributed by atoms with Gasteiger partial charge in [-0.15, -0.1) is 0 Å². The summed E-state index contributed by atoms with van der Waals surface area (Å²) >= 11 is 1.49. The standard InChI is InChI=1S/C35H29F5N4O4S/c1-18-25(16-49-35-42-17-43-44-35)47-34(48-32(18)22-7-5-19(15-45)6-8-22)23-11-9-21(10-12-23)24-4-2-3-20(13-24)14-41-33(46)26-27(36)29(38)31(40)30(39)28(26)37/h2-13,17-18,25,32,34,45H,14-16H2,1H3,(H,41,46)(H,42,43,44)/t18-,25+,32+,34+/m0/s1. The molecule has 14 heteroatoms. The van der Waals surface area contributed by atoms with Crippen LogP contribution < -0.4 is 5.32 Å². The maximum Gasteiger partial charge on any atom is 0.257 e. The number of benzene rings is 4. The number of nitrogens with zero attached hydrogens (tertiary/aromatic N) is 2. The van der Waals surface area contributed by atoms with Crippen molar-refractivity contribution in [3.05, 3.63) is 136 Å². The molecule has 1 aromatic heterocycles. The molecule has 1 saturated heterocycles. The fourth-order valence-electron chi connectivity index (χ4n) is 5.50. The first-order valence-electron chi connectivity index (χ1n) is 15.1. The van der Waals surface area contributed by atoms with Gasteiger partial charge in [-0.3, -0.25) is 9.89 Å². The number of nitrogens with one attached hydrogen (secondary N) is 2. The molecule has 0 unspecified atom stereocenters. The number of aromatic amines is 1. The van der Waals surface area contributed by atoms with Gasteiger partial charge in [-0.1, -0.05) is 85.4 Å². The van der Waals surface area contributed by atoms with Crippen molar-refractivity contribution < 1.29 is 41.3 Å². The minimum absolute atomic E-state index is 0.0248. The van der Waals surface area contributed by atoms with Crippen LogP contribution in [-0.2, 0) is 22.6 Å². The van der Waals surface area contributed by atoms with Crippen molar-refractivity contribution >= 4 is 17.7 Å². The second-order valence-electron chi connectivity index (χ2n) is 11.4. The lowest BCUT2D eigenvalue weighted by Gasteiger charge is -2.41. The number of carbonyl (C=O) groups is 1. The number of hydrogen-bond acceptors (Lipinski definition) is 7. The van der Waals surface area contributed by atoms with Crippen molar-refractivity contribution in [1.29, 1.82) is 0 Å². The Balaban J connectivity index is 1.17. The monoisotopic (exact) mass is 696 g/mol. The van der Waals surface area contributed by atoms with Crippen LogP contribution in [0.25, 0.3) is 11.1 Å². The van der Waals surface area contributed by atoms with Gasteiger partial charge in [0.25, 0.3) is 5.91 Å². The number of ether oxygens (including phenoxy) is 2. The Bertz CT molecular complexity index is 1900. The molecular weight excluding hydrogens is 667 g/mol. The summed E-state index contributed by atoms with van der Waals surface area (Å²) in [6.45, 7) is 1.76. The van der Waals surface area contributed by atoms with Gasteiger partial charge in [0.15, 0.2) is 34.7 Å². The van der Waals surface area contributed by atoms with Crippen LogP contribution in [0.2, 0.25) is 0 Å². The number of hydrogen-bond donors (Lipinski definition) is 3. The molecule has 4 aromatic carbocycles. The molecule has 1 fully saturated rings. The molecule has 6 rings (SSSR count). The molecule has 8 nitrogen and oxygen atoms in total. The molecular formula is C35H29F5N4O4S. The van der Waals surface area contributed by atoms with E-state index in [0.29, 0.717) is 16.5 Å². The molecule has 254 valence electrons. The van der Waals surface area contributed by atoms with Gasteiger partial charge in [0.05, 0.1) is 18.8 Å². The molecule has 5 aromatic rings. The Morgan fingerprint density at radius 2 is 1.53 bits per heavy atom. The van der Waals surface area contributed by atoms with Crippen LogP contribution in [0.4, 0.5) is 22.0 Å². The summed E-state index contributed by atoms with van der Waals surface area (Å²) in [6, 6.07) is 22.0. The normalized spacial score (nSPS) is 19.2. The highest BCUT2D eigenvalue weighted by Crippen LogP contribution is 2.43. The number of aliphatic hydroxyl groups is 1. The van der Waals surface area contributed by atoms with Crippen LogP contribution >= 0.6 is 11.8 Å². The Hall–Kier alpha value is -4.63. The van der Waals surface area contributed by atoms with E-state index in [-0.39, 0.29) is 31.3 Å². The van der Waals surface area contributed by atoms with Crippen LogP contribution in [0.5, 0.6) is 0 Å². The average Bonchev–Trinajstić information content (AvgIpc) is 3.66. The molecule has 1 amide bonds. The fourth-order valence-corrected chi connectivity index (χ4v) is 6.45. The van der Waals surface area contributed by atoms with Crippen LogP contribution in [0.3, 0.4) is 0 Å². The Morgan fingerprint density at radius 3 is 2.18 bits per heavy atom. The summed E-state index contributed by atoms with van der Waals surface area (Å²) in [6.07, 6.45) is 0.228. The fraction of sp³-hybridized carbons (Fsp3) is 0.229. The summed E-state index contributed by atoms with van der Waals surface area (Å²) in [5, 5.41) is 19.1. The van der Waals surface area contributed by atoms with E-state index in [2.05, 4.69) is 27.4 Å².